The number of hydrogen-bond acceptors (Lipinski definition) is 4. The molecular formula is C18H26N4O3. The number of nitrogens with one attached hydrogen (secondary N) is 1. The third-order valence-corrected chi connectivity index (χ3v) is 4.87. The number of carbonyl (C=O) groups excluding carboxylic acids is 2. The zero-order chi connectivity index (χ0) is 17.8. The molecule has 25 heavy (non-hydrogen) atoms. The van der Waals surface area contributed by atoms with Crippen LogP contribution in [0.1, 0.15) is 60.0 Å². The van der Waals surface area contributed by atoms with Crippen LogP contribution in [0.5, 0.6) is 0 Å². The molecule has 3 rings (SSSR count). The maximum atomic E-state index is 12.8. The van der Waals surface area contributed by atoms with Gasteiger partial charge in [0.1, 0.15) is 5.69 Å². The van der Waals surface area contributed by atoms with Crippen molar-refractivity contribution in [1.29, 1.82) is 0 Å². The average molecular weight is 346 g/mol. The Morgan fingerprint density at radius 3 is 3.04 bits per heavy atom. The van der Waals surface area contributed by atoms with Gasteiger partial charge in [0, 0.05) is 25.7 Å². The van der Waals surface area contributed by atoms with Crippen molar-refractivity contribution in [2.24, 2.45) is 0 Å². The quantitative estimate of drug-likeness (QED) is 0.788. The van der Waals surface area contributed by atoms with Gasteiger partial charge in [-0.05, 0) is 39.0 Å². The lowest BCUT2D eigenvalue weighted by atomic mass is 9.97. The largest absolute Gasteiger partial charge is 0.389 e. The Bertz CT molecular complexity index is 680. The topological polar surface area (TPSA) is 87.5 Å². The fourth-order valence-electron chi connectivity index (χ4n) is 3.38. The summed E-state index contributed by atoms with van der Waals surface area (Å²) in [5.74, 6) is -0.472. The summed E-state index contributed by atoms with van der Waals surface area (Å²) in [6.07, 6.45) is 7.25. The maximum Gasteiger partial charge on any atom is 0.274 e. The molecule has 1 aliphatic carbocycles. The SMILES string of the molecule is CCN(CCC1=CCCCC1)C(=O)c1cc2n(n1)C[C@H](O)CNC2=O. The van der Waals surface area contributed by atoms with Crippen LogP contribution in [0, 0.1) is 0 Å². The van der Waals surface area contributed by atoms with E-state index in [0.717, 1.165) is 19.3 Å². The normalized spacial score (nSPS) is 20.3. The number of aliphatic hydroxyl groups excluding tert-OH is 1. The van der Waals surface area contributed by atoms with Crippen molar-refractivity contribution in [3.05, 3.63) is 29.1 Å². The zero-order valence-corrected chi connectivity index (χ0v) is 14.7. The minimum atomic E-state index is -0.700. The smallest absolute Gasteiger partial charge is 0.274 e. The second-order valence-corrected chi connectivity index (χ2v) is 6.70. The summed E-state index contributed by atoms with van der Waals surface area (Å²) >= 11 is 0. The fourth-order valence-corrected chi connectivity index (χ4v) is 3.38. The number of rotatable bonds is 5. The van der Waals surface area contributed by atoms with E-state index in [1.807, 2.05) is 6.92 Å². The number of β-amino-alcohol motifs (C(OH)–C–C–N with tert-alkyl or cyclic N) is 1. The Morgan fingerprint density at radius 1 is 1.48 bits per heavy atom. The van der Waals surface area contributed by atoms with E-state index in [4.69, 9.17) is 0 Å². The van der Waals surface area contributed by atoms with Crippen LogP contribution in [0.15, 0.2) is 17.7 Å². The van der Waals surface area contributed by atoms with Gasteiger partial charge in [0.15, 0.2) is 5.69 Å². The number of aliphatic hydroxyl groups is 1. The number of fused-ring (bicyclic) bond motifs is 1. The highest BCUT2D eigenvalue weighted by Gasteiger charge is 2.26. The Balaban J connectivity index is 1.70. The predicted molar refractivity (Wildman–Crippen MR) is 93.3 cm³/mol. The second kappa shape index (κ2) is 7.82. The van der Waals surface area contributed by atoms with E-state index in [9.17, 15) is 14.7 Å². The van der Waals surface area contributed by atoms with Crippen molar-refractivity contribution in [3.63, 3.8) is 0 Å². The molecule has 7 nitrogen and oxygen atoms in total. The van der Waals surface area contributed by atoms with E-state index >= 15 is 0 Å². The number of allylic oxidation sites excluding steroid dienone is 1. The minimum Gasteiger partial charge on any atom is -0.389 e. The summed E-state index contributed by atoms with van der Waals surface area (Å²) in [5.41, 5.74) is 2.02. The molecule has 1 aromatic heterocycles. The summed E-state index contributed by atoms with van der Waals surface area (Å²) in [6.45, 7) is 3.62. The summed E-state index contributed by atoms with van der Waals surface area (Å²) in [7, 11) is 0. The molecule has 7 heteroatoms. The van der Waals surface area contributed by atoms with Crippen LogP contribution in [-0.2, 0) is 6.54 Å². The van der Waals surface area contributed by atoms with E-state index < -0.39 is 6.10 Å². The summed E-state index contributed by atoms with van der Waals surface area (Å²) in [4.78, 5) is 26.6. The Morgan fingerprint density at radius 2 is 2.32 bits per heavy atom. The molecule has 1 atom stereocenters. The highest BCUT2D eigenvalue weighted by Crippen LogP contribution is 2.20. The Hall–Kier alpha value is -2.15. The van der Waals surface area contributed by atoms with Crippen molar-refractivity contribution in [2.75, 3.05) is 19.6 Å². The van der Waals surface area contributed by atoms with Gasteiger partial charge in [-0.25, -0.2) is 0 Å². The van der Waals surface area contributed by atoms with Gasteiger partial charge in [0.2, 0.25) is 0 Å². The molecule has 2 amide bonds. The summed E-state index contributed by atoms with van der Waals surface area (Å²) < 4.78 is 1.43. The number of nitrogens with zero attached hydrogens (tertiary/aromatic N) is 3. The number of carbonyl (C=O) groups is 2. The Kier molecular flexibility index (Phi) is 5.53. The van der Waals surface area contributed by atoms with Gasteiger partial charge in [0.05, 0.1) is 12.6 Å². The van der Waals surface area contributed by atoms with Crippen molar-refractivity contribution in [3.8, 4) is 0 Å². The van der Waals surface area contributed by atoms with Crippen molar-refractivity contribution < 1.29 is 14.7 Å². The molecule has 2 aliphatic rings. The van der Waals surface area contributed by atoms with E-state index in [0.29, 0.717) is 18.8 Å². The predicted octanol–water partition coefficient (Wildman–Crippen LogP) is 1.34. The van der Waals surface area contributed by atoms with Crippen molar-refractivity contribution in [1.82, 2.24) is 20.0 Å². The first kappa shape index (κ1) is 17.7. The van der Waals surface area contributed by atoms with Crippen LogP contribution in [0.3, 0.4) is 0 Å². The molecule has 2 heterocycles. The molecular weight excluding hydrogens is 320 g/mol. The third kappa shape index (κ3) is 4.10. The van der Waals surface area contributed by atoms with Gasteiger partial charge in [-0.1, -0.05) is 11.6 Å². The first-order valence-electron chi connectivity index (χ1n) is 9.09. The summed E-state index contributed by atoms with van der Waals surface area (Å²) in [5, 5.41) is 16.7. The molecule has 0 saturated heterocycles. The van der Waals surface area contributed by atoms with Gasteiger partial charge < -0.3 is 15.3 Å². The lowest BCUT2D eigenvalue weighted by Gasteiger charge is -2.21. The molecule has 0 aromatic carbocycles. The zero-order valence-electron chi connectivity index (χ0n) is 14.7. The first-order valence-corrected chi connectivity index (χ1v) is 9.09. The number of amides is 2. The van der Waals surface area contributed by atoms with Crippen LogP contribution in [0.2, 0.25) is 0 Å². The van der Waals surface area contributed by atoms with Crippen LogP contribution in [0.25, 0.3) is 0 Å². The lowest BCUT2D eigenvalue weighted by Crippen LogP contribution is -2.33. The van der Waals surface area contributed by atoms with E-state index in [2.05, 4.69) is 16.5 Å². The molecule has 0 bridgehead atoms. The Labute approximate surface area is 147 Å². The molecule has 136 valence electrons. The molecule has 0 saturated carbocycles. The summed E-state index contributed by atoms with van der Waals surface area (Å²) in [6, 6.07) is 1.53. The number of aromatic nitrogens is 2. The van der Waals surface area contributed by atoms with Gasteiger partial charge in [-0.2, -0.15) is 5.10 Å². The minimum absolute atomic E-state index is 0.165. The monoisotopic (exact) mass is 346 g/mol. The van der Waals surface area contributed by atoms with Gasteiger partial charge in [0.25, 0.3) is 11.8 Å². The van der Waals surface area contributed by atoms with E-state index in [1.165, 1.54) is 29.2 Å². The first-order chi connectivity index (χ1) is 12.1. The number of hydrogen-bond donors (Lipinski definition) is 2. The molecule has 0 spiro atoms. The van der Waals surface area contributed by atoms with E-state index in [1.54, 1.807) is 4.90 Å². The van der Waals surface area contributed by atoms with Crippen LogP contribution >= 0.6 is 0 Å². The molecule has 0 unspecified atom stereocenters. The molecule has 2 N–H and O–H groups in total. The highest BCUT2D eigenvalue weighted by atomic mass is 16.3. The van der Waals surface area contributed by atoms with E-state index in [-0.39, 0.29) is 30.6 Å². The van der Waals surface area contributed by atoms with Gasteiger partial charge in [-0.3, -0.25) is 14.3 Å². The lowest BCUT2D eigenvalue weighted by molar-refractivity contribution is 0.0757. The molecule has 1 aliphatic heterocycles. The second-order valence-electron chi connectivity index (χ2n) is 6.70. The fraction of sp³-hybridized carbons (Fsp3) is 0.611. The standard InChI is InChI=1S/C18H26N4O3/c1-2-21(9-8-13-6-4-3-5-7-13)18(25)15-10-16-17(24)19-11-14(23)12-22(16)20-15/h6,10,14,23H,2-5,7-9,11-12H2,1H3,(H,19,24)/t14-/m1/s1. The van der Waals surface area contributed by atoms with Gasteiger partial charge in [-0.15, -0.1) is 0 Å². The van der Waals surface area contributed by atoms with Crippen LogP contribution in [0.4, 0.5) is 0 Å². The maximum absolute atomic E-state index is 12.8. The van der Waals surface area contributed by atoms with Crippen molar-refractivity contribution >= 4 is 11.8 Å². The van der Waals surface area contributed by atoms with Crippen LogP contribution < -0.4 is 5.32 Å². The molecule has 1 aromatic rings. The average Bonchev–Trinajstić information content (AvgIpc) is 2.99. The third-order valence-electron chi connectivity index (χ3n) is 4.87. The molecule has 0 fully saturated rings. The van der Waals surface area contributed by atoms with Crippen molar-refractivity contribution in [2.45, 2.75) is 51.7 Å². The van der Waals surface area contributed by atoms with Gasteiger partial charge >= 0.3 is 0 Å². The highest BCUT2D eigenvalue weighted by molar-refractivity contribution is 5.98. The van der Waals surface area contributed by atoms with Crippen LogP contribution in [-0.4, -0.2) is 57.3 Å². The molecule has 0 radical (unpaired) electrons.